The first kappa shape index (κ1) is 25.6. The summed E-state index contributed by atoms with van der Waals surface area (Å²) in [6.45, 7) is 7.15. The molecule has 1 aromatic heterocycles. The van der Waals surface area contributed by atoms with E-state index >= 15 is 0 Å². The molecule has 1 saturated heterocycles. The maximum Gasteiger partial charge on any atom is 0.407 e. The van der Waals surface area contributed by atoms with Crippen LogP contribution in [-0.4, -0.2) is 64.2 Å². The summed E-state index contributed by atoms with van der Waals surface area (Å²) in [5.41, 5.74) is -0.00228. The lowest BCUT2D eigenvalue weighted by Crippen LogP contribution is -2.51. The van der Waals surface area contributed by atoms with E-state index in [1.54, 1.807) is 50.2 Å². The summed E-state index contributed by atoms with van der Waals surface area (Å²) in [6, 6.07) is 2.24. The minimum atomic E-state index is -1.15. The first-order chi connectivity index (χ1) is 15.2. The molecule has 1 aliphatic heterocycles. The molecule has 0 spiro atoms. The molecule has 178 valence electrons. The van der Waals surface area contributed by atoms with Gasteiger partial charge in [0.05, 0.1) is 0 Å². The monoisotopic (exact) mass is 448 g/mol. The molecule has 0 bridgehead atoms. The average Bonchev–Trinajstić information content (AvgIpc) is 3.28. The smallest absolute Gasteiger partial charge is 0.407 e. The number of aliphatic hydroxyl groups excluding tert-OH is 1. The molecule has 0 saturated carbocycles. The molecular formula is C23H36N4O5. The van der Waals surface area contributed by atoms with Crippen molar-refractivity contribution in [3.05, 3.63) is 30.1 Å². The fourth-order valence-corrected chi connectivity index (χ4v) is 3.50. The molecule has 32 heavy (non-hydrogen) atoms. The van der Waals surface area contributed by atoms with Gasteiger partial charge in [0.2, 0.25) is 11.8 Å². The van der Waals surface area contributed by atoms with E-state index < -0.39 is 23.8 Å². The number of carbonyl (C=O) groups excluding carboxylic acids is 3. The molecule has 3 amide bonds. The highest BCUT2D eigenvalue weighted by atomic mass is 16.6. The number of rotatable bonds is 10. The summed E-state index contributed by atoms with van der Waals surface area (Å²) in [5.74, 6) is -0.544. The number of aromatic nitrogens is 1. The maximum absolute atomic E-state index is 13.0. The third-order valence-corrected chi connectivity index (χ3v) is 5.11. The molecule has 3 N–H and O–H groups in total. The standard InChI is InChI=1S/C23H36N4O5/c1-23(2,3)32-22(31)25-12-6-4-5-9-18(28)26-19(21(30)27-15-7-8-16-27)20(29)17-10-13-24-14-11-17/h10-11,13-14,19-20,29H,4-9,12,15-16H2,1-3H3,(H,25,31)(H,26,28)/t19-,20+/m1/s1. The zero-order valence-corrected chi connectivity index (χ0v) is 19.3. The van der Waals surface area contributed by atoms with Crippen LogP contribution in [0.4, 0.5) is 4.79 Å². The van der Waals surface area contributed by atoms with Crippen LogP contribution >= 0.6 is 0 Å². The van der Waals surface area contributed by atoms with E-state index in [0.717, 1.165) is 19.3 Å². The van der Waals surface area contributed by atoms with E-state index in [1.807, 2.05) is 0 Å². The lowest BCUT2D eigenvalue weighted by Gasteiger charge is -2.28. The van der Waals surface area contributed by atoms with Crippen LogP contribution in [0.5, 0.6) is 0 Å². The summed E-state index contributed by atoms with van der Waals surface area (Å²) in [4.78, 5) is 42.7. The summed E-state index contributed by atoms with van der Waals surface area (Å²) in [7, 11) is 0. The average molecular weight is 449 g/mol. The van der Waals surface area contributed by atoms with E-state index in [1.165, 1.54) is 0 Å². The van der Waals surface area contributed by atoms with Crippen molar-refractivity contribution in [3.63, 3.8) is 0 Å². The van der Waals surface area contributed by atoms with Crippen molar-refractivity contribution >= 4 is 17.9 Å². The lowest BCUT2D eigenvalue weighted by molar-refractivity contribution is -0.139. The van der Waals surface area contributed by atoms with Crippen molar-refractivity contribution in [2.75, 3.05) is 19.6 Å². The fraction of sp³-hybridized carbons (Fsp3) is 0.652. The van der Waals surface area contributed by atoms with Crippen LogP contribution in [0.25, 0.3) is 0 Å². The molecular weight excluding hydrogens is 412 g/mol. The van der Waals surface area contributed by atoms with Gasteiger partial charge in [0.15, 0.2) is 0 Å². The van der Waals surface area contributed by atoms with Gasteiger partial charge in [0.25, 0.3) is 0 Å². The van der Waals surface area contributed by atoms with Crippen molar-refractivity contribution in [2.45, 2.75) is 77.0 Å². The van der Waals surface area contributed by atoms with Gasteiger partial charge in [-0.05, 0) is 64.2 Å². The highest BCUT2D eigenvalue weighted by molar-refractivity contribution is 5.88. The second-order valence-electron chi connectivity index (χ2n) is 9.04. The number of pyridine rings is 1. The summed E-state index contributed by atoms with van der Waals surface area (Å²) >= 11 is 0. The minimum Gasteiger partial charge on any atom is -0.444 e. The molecule has 2 rings (SSSR count). The van der Waals surface area contributed by atoms with E-state index in [4.69, 9.17) is 4.74 Å². The van der Waals surface area contributed by atoms with Gasteiger partial charge in [-0.1, -0.05) is 6.42 Å². The molecule has 0 aliphatic carbocycles. The van der Waals surface area contributed by atoms with Crippen LogP contribution in [0, 0.1) is 0 Å². The zero-order valence-electron chi connectivity index (χ0n) is 19.3. The summed E-state index contributed by atoms with van der Waals surface area (Å²) in [6.07, 6.45) is 5.63. The van der Waals surface area contributed by atoms with Crippen molar-refractivity contribution in [3.8, 4) is 0 Å². The highest BCUT2D eigenvalue weighted by Crippen LogP contribution is 2.20. The van der Waals surface area contributed by atoms with Gasteiger partial charge >= 0.3 is 6.09 Å². The number of nitrogens with one attached hydrogen (secondary N) is 2. The van der Waals surface area contributed by atoms with Gasteiger partial charge < -0.3 is 25.4 Å². The Kier molecular flexibility index (Phi) is 9.90. The van der Waals surface area contributed by atoms with E-state index in [9.17, 15) is 19.5 Å². The summed E-state index contributed by atoms with van der Waals surface area (Å²) in [5, 5.41) is 16.2. The Labute approximate surface area is 189 Å². The number of alkyl carbamates (subject to hydrolysis) is 1. The number of hydrogen-bond acceptors (Lipinski definition) is 6. The van der Waals surface area contributed by atoms with Crippen LogP contribution in [-0.2, 0) is 14.3 Å². The Morgan fingerprint density at radius 3 is 2.41 bits per heavy atom. The van der Waals surface area contributed by atoms with Crippen molar-refractivity contribution in [2.24, 2.45) is 0 Å². The van der Waals surface area contributed by atoms with Crippen molar-refractivity contribution in [1.82, 2.24) is 20.5 Å². The fourth-order valence-electron chi connectivity index (χ4n) is 3.50. The first-order valence-electron chi connectivity index (χ1n) is 11.3. The molecule has 1 fully saturated rings. The lowest BCUT2D eigenvalue weighted by atomic mass is 10.0. The molecule has 2 heterocycles. The van der Waals surface area contributed by atoms with E-state index in [-0.39, 0.29) is 18.2 Å². The zero-order chi connectivity index (χ0) is 23.6. The van der Waals surface area contributed by atoms with Crippen LogP contribution in [0.2, 0.25) is 0 Å². The van der Waals surface area contributed by atoms with Gasteiger partial charge in [-0.25, -0.2) is 4.79 Å². The molecule has 0 radical (unpaired) electrons. The normalized spacial score (nSPS) is 15.7. The van der Waals surface area contributed by atoms with Crippen LogP contribution < -0.4 is 10.6 Å². The largest absolute Gasteiger partial charge is 0.444 e. The van der Waals surface area contributed by atoms with Crippen LogP contribution in [0.3, 0.4) is 0 Å². The Bertz CT molecular complexity index is 745. The Morgan fingerprint density at radius 2 is 1.78 bits per heavy atom. The number of unbranched alkanes of at least 4 members (excludes halogenated alkanes) is 2. The molecule has 0 aromatic carbocycles. The maximum atomic E-state index is 13.0. The number of ether oxygens (including phenoxy) is 1. The number of likely N-dealkylation sites (tertiary alicyclic amines) is 1. The second kappa shape index (κ2) is 12.4. The number of nitrogens with zero attached hydrogens (tertiary/aromatic N) is 2. The van der Waals surface area contributed by atoms with Gasteiger partial charge in [0, 0.05) is 38.4 Å². The Hall–Kier alpha value is -2.68. The predicted octanol–water partition coefficient (Wildman–Crippen LogP) is 2.31. The SMILES string of the molecule is CC(C)(C)OC(=O)NCCCCCC(=O)N[C@@H](C(=O)N1CCCC1)[C@@H](O)c1ccncc1. The molecule has 1 aliphatic rings. The third-order valence-electron chi connectivity index (χ3n) is 5.11. The first-order valence-corrected chi connectivity index (χ1v) is 11.3. The van der Waals surface area contributed by atoms with Gasteiger partial charge in [0.1, 0.15) is 17.7 Å². The number of amides is 3. The van der Waals surface area contributed by atoms with Crippen molar-refractivity contribution < 1.29 is 24.2 Å². The minimum absolute atomic E-state index is 0.235. The van der Waals surface area contributed by atoms with Crippen molar-refractivity contribution in [1.29, 1.82) is 0 Å². The molecule has 2 atom stereocenters. The van der Waals surface area contributed by atoms with Crippen LogP contribution in [0.15, 0.2) is 24.5 Å². The Morgan fingerprint density at radius 1 is 1.12 bits per heavy atom. The molecule has 0 unspecified atom stereocenters. The summed E-state index contributed by atoms with van der Waals surface area (Å²) < 4.78 is 5.17. The molecule has 9 nitrogen and oxygen atoms in total. The topological polar surface area (TPSA) is 121 Å². The number of hydrogen-bond donors (Lipinski definition) is 3. The number of carbonyl (C=O) groups is 3. The van der Waals surface area contributed by atoms with Gasteiger partial charge in [-0.2, -0.15) is 0 Å². The highest BCUT2D eigenvalue weighted by Gasteiger charge is 2.34. The molecule has 1 aromatic rings. The third kappa shape index (κ3) is 8.82. The van der Waals surface area contributed by atoms with E-state index in [0.29, 0.717) is 38.0 Å². The Balaban J connectivity index is 1.79. The predicted molar refractivity (Wildman–Crippen MR) is 120 cm³/mol. The van der Waals surface area contributed by atoms with E-state index in [2.05, 4.69) is 15.6 Å². The quantitative estimate of drug-likeness (QED) is 0.472. The number of aliphatic hydroxyl groups is 1. The molecule has 9 heteroatoms. The van der Waals surface area contributed by atoms with Gasteiger partial charge in [-0.15, -0.1) is 0 Å². The van der Waals surface area contributed by atoms with Crippen LogP contribution in [0.1, 0.15) is 71.0 Å². The second-order valence-corrected chi connectivity index (χ2v) is 9.04. The van der Waals surface area contributed by atoms with Gasteiger partial charge in [-0.3, -0.25) is 14.6 Å².